The molecular formula is C5H14N2O4S. The van der Waals surface area contributed by atoms with Crippen LogP contribution in [0, 0.1) is 0 Å². The lowest BCUT2D eigenvalue weighted by molar-refractivity contribution is 0.0433. The molecule has 0 spiro atoms. The highest BCUT2D eigenvalue weighted by Crippen LogP contribution is 1.77. The molecule has 0 bridgehead atoms. The van der Waals surface area contributed by atoms with Gasteiger partial charge in [0.25, 0.3) is 10.2 Å². The van der Waals surface area contributed by atoms with Crippen molar-refractivity contribution in [2.24, 2.45) is 0 Å². The van der Waals surface area contributed by atoms with E-state index >= 15 is 0 Å². The van der Waals surface area contributed by atoms with Gasteiger partial charge in [0.15, 0.2) is 0 Å². The Morgan fingerprint density at radius 3 is 2.50 bits per heavy atom. The Kier molecular flexibility index (Phi) is 6.21. The maximum absolute atomic E-state index is 10.8. The molecule has 0 amide bonds. The summed E-state index contributed by atoms with van der Waals surface area (Å²) < 4.78 is 28.4. The molecule has 0 fully saturated rings. The van der Waals surface area contributed by atoms with Gasteiger partial charge in [0.2, 0.25) is 0 Å². The molecule has 0 aliphatic rings. The highest BCUT2D eigenvalue weighted by atomic mass is 32.2. The topological polar surface area (TPSA) is 76.7 Å². The van der Waals surface area contributed by atoms with E-state index in [0.717, 1.165) is 0 Å². The van der Waals surface area contributed by atoms with E-state index < -0.39 is 10.2 Å². The van der Waals surface area contributed by atoms with Gasteiger partial charge >= 0.3 is 0 Å². The van der Waals surface area contributed by atoms with Crippen molar-refractivity contribution in [3.63, 3.8) is 0 Å². The lowest BCUT2D eigenvalue weighted by Gasteiger charge is -2.05. The van der Waals surface area contributed by atoms with Crippen molar-refractivity contribution in [3.05, 3.63) is 0 Å². The minimum atomic E-state index is -3.49. The SMILES string of the molecule is CCNS(=O)(=O)NOCCOC. The van der Waals surface area contributed by atoms with E-state index in [9.17, 15) is 8.42 Å². The van der Waals surface area contributed by atoms with Crippen LogP contribution >= 0.6 is 0 Å². The average Bonchev–Trinajstić information content (AvgIpc) is 1.98. The molecule has 0 heterocycles. The van der Waals surface area contributed by atoms with Crippen molar-refractivity contribution in [3.8, 4) is 0 Å². The minimum absolute atomic E-state index is 0.182. The zero-order valence-electron chi connectivity index (χ0n) is 7.16. The summed E-state index contributed by atoms with van der Waals surface area (Å²) in [6.07, 6.45) is 0. The first kappa shape index (κ1) is 11.8. The third kappa shape index (κ3) is 6.50. The van der Waals surface area contributed by atoms with E-state index in [2.05, 4.69) is 14.3 Å². The Morgan fingerprint density at radius 2 is 2.00 bits per heavy atom. The van der Waals surface area contributed by atoms with Crippen LogP contribution in [-0.2, 0) is 19.8 Å². The second-order valence-electron chi connectivity index (χ2n) is 1.93. The van der Waals surface area contributed by atoms with E-state index in [4.69, 9.17) is 0 Å². The van der Waals surface area contributed by atoms with E-state index in [-0.39, 0.29) is 6.61 Å². The third-order valence-corrected chi connectivity index (χ3v) is 1.90. The van der Waals surface area contributed by atoms with Crippen molar-refractivity contribution in [2.75, 3.05) is 26.9 Å². The molecule has 0 atom stereocenters. The van der Waals surface area contributed by atoms with Crippen LogP contribution in [0.4, 0.5) is 0 Å². The largest absolute Gasteiger partial charge is 0.382 e. The molecule has 0 radical (unpaired) electrons. The molecule has 0 unspecified atom stereocenters. The van der Waals surface area contributed by atoms with Crippen LogP contribution in [0.15, 0.2) is 0 Å². The monoisotopic (exact) mass is 198 g/mol. The molecule has 0 aliphatic heterocycles. The van der Waals surface area contributed by atoms with Gasteiger partial charge in [-0.2, -0.15) is 8.42 Å². The number of hydrogen-bond acceptors (Lipinski definition) is 4. The van der Waals surface area contributed by atoms with Gasteiger partial charge in [0.05, 0.1) is 13.2 Å². The number of hydrogen-bond donors (Lipinski definition) is 2. The molecule has 6 nitrogen and oxygen atoms in total. The molecule has 0 aliphatic carbocycles. The normalized spacial score (nSPS) is 11.8. The average molecular weight is 198 g/mol. The second kappa shape index (κ2) is 6.32. The summed E-state index contributed by atoms with van der Waals surface area (Å²) in [5.41, 5.74) is 0. The molecule has 0 saturated heterocycles. The maximum Gasteiger partial charge on any atom is 0.299 e. The van der Waals surface area contributed by atoms with E-state index in [0.29, 0.717) is 13.2 Å². The Bertz CT molecular complexity index is 192. The van der Waals surface area contributed by atoms with Crippen molar-refractivity contribution >= 4 is 10.2 Å². The number of ether oxygens (including phenoxy) is 1. The highest BCUT2D eigenvalue weighted by molar-refractivity contribution is 7.87. The molecule has 0 aromatic heterocycles. The van der Waals surface area contributed by atoms with Crippen molar-refractivity contribution in [1.29, 1.82) is 0 Å². The van der Waals surface area contributed by atoms with Crippen LogP contribution < -0.4 is 9.61 Å². The first-order valence-corrected chi connectivity index (χ1v) is 4.98. The Labute approximate surface area is 72.4 Å². The number of nitrogens with one attached hydrogen (secondary N) is 2. The summed E-state index contributed by atoms with van der Waals surface area (Å²) in [7, 11) is -1.99. The van der Waals surface area contributed by atoms with Crippen molar-refractivity contribution in [1.82, 2.24) is 9.61 Å². The maximum atomic E-state index is 10.8. The fourth-order valence-electron chi connectivity index (χ4n) is 0.464. The second-order valence-corrected chi connectivity index (χ2v) is 3.39. The summed E-state index contributed by atoms with van der Waals surface area (Å²) in [4.78, 5) is 6.44. The minimum Gasteiger partial charge on any atom is -0.382 e. The van der Waals surface area contributed by atoms with E-state index in [1.54, 1.807) is 6.92 Å². The Balaban J connectivity index is 3.48. The zero-order valence-corrected chi connectivity index (χ0v) is 7.98. The fourth-order valence-corrected chi connectivity index (χ4v) is 1.14. The first-order valence-electron chi connectivity index (χ1n) is 3.49. The van der Waals surface area contributed by atoms with Gasteiger partial charge < -0.3 is 4.74 Å². The Hall–Kier alpha value is -0.210. The van der Waals surface area contributed by atoms with E-state index in [1.807, 2.05) is 4.89 Å². The molecular weight excluding hydrogens is 184 g/mol. The molecule has 0 aromatic rings. The van der Waals surface area contributed by atoms with Gasteiger partial charge in [-0.3, -0.25) is 4.84 Å². The predicted octanol–water partition coefficient (Wildman–Crippen LogP) is -0.992. The standard InChI is InChI=1S/C5H14N2O4S/c1-3-6-12(8,9)7-11-5-4-10-2/h6-7H,3-5H2,1-2H3. The number of rotatable bonds is 7. The molecule has 7 heteroatoms. The molecule has 12 heavy (non-hydrogen) atoms. The third-order valence-electron chi connectivity index (χ3n) is 0.893. The van der Waals surface area contributed by atoms with Crippen LogP contribution in [0.1, 0.15) is 6.92 Å². The molecule has 2 N–H and O–H groups in total. The van der Waals surface area contributed by atoms with Gasteiger partial charge in [-0.1, -0.05) is 11.8 Å². The van der Waals surface area contributed by atoms with Gasteiger partial charge in [0.1, 0.15) is 0 Å². The summed E-state index contributed by atoms with van der Waals surface area (Å²) in [6.45, 7) is 2.52. The van der Waals surface area contributed by atoms with Crippen LogP contribution in [0.2, 0.25) is 0 Å². The van der Waals surface area contributed by atoms with Gasteiger partial charge in [-0.05, 0) is 0 Å². The molecule has 74 valence electrons. The van der Waals surface area contributed by atoms with Crippen LogP contribution in [0.3, 0.4) is 0 Å². The molecule has 0 aromatic carbocycles. The smallest absolute Gasteiger partial charge is 0.299 e. The van der Waals surface area contributed by atoms with Crippen molar-refractivity contribution in [2.45, 2.75) is 6.92 Å². The van der Waals surface area contributed by atoms with E-state index in [1.165, 1.54) is 7.11 Å². The quantitative estimate of drug-likeness (QED) is 0.407. The van der Waals surface area contributed by atoms with Crippen LogP contribution in [0.25, 0.3) is 0 Å². The summed E-state index contributed by atoms with van der Waals surface area (Å²) in [5.74, 6) is 0. The fraction of sp³-hybridized carbons (Fsp3) is 1.00. The van der Waals surface area contributed by atoms with Crippen LogP contribution in [0.5, 0.6) is 0 Å². The predicted molar refractivity (Wildman–Crippen MR) is 43.6 cm³/mol. The van der Waals surface area contributed by atoms with Crippen molar-refractivity contribution < 1.29 is 18.0 Å². The van der Waals surface area contributed by atoms with Gasteiger partial charge in [-0.15, -0.1) is 0 Å². The zero-order chi connectivity index (χ0) is 9.45. The lowest BCUT2D eigenvalue weighted by atomic mass is 10.8. The van der Waals surface area contributed by atoms with Gasteiger partial charge in [-0.25, -0.2) is 4.72 Å². The van der Waals surface area contributed by atoms with Crippen LogP contribution in [-0.4, -0.2) is 35.3 Å². The summed E-state index contributed by atoms with van der Waals surface area (Å²) in [6, 6.07) is 0. The number of methoxy groups -OCH3 is 1. The summed E-state index contributed by atoms with van der Waals surface area (Å²) in [5, 5.41) is 0. The van der Waals surface area contributed by atoms with Gasteiger partial charge in [0, 0.05) is 13.7 Å². The Morgan fingerprint density at radius 1 is 1.33 bits per heavy atom. The molecule has 0 rings (SSSR count). The summed E-state index contributed by atoms with van der Waals surface area (Å²) >= 11 is 0. The molecule has 0 saturated carbocycles. The highest BCUT2D eigenvalue weighted by Gasteiger charge is 2.05. The first-order chi connectivity index (χ1) is 5.62. The lowest BCUT2D eigenvalue weighted by Crippen LogP contribution is -2.36.